The number of hydrogen-bond acceptors (Lipinski definition) is 2. The zero-order chi connectivity index (χ0) is 11.5. The molecule has 1 N–H and O–H groups in total. The summed E-state index contributed by atoms with van der Waals surface area (Å²) < 4.78 is 0. The van der Waals surface area contributed by atoms with Crippen molar-refractivity contribution < 1.29 is 9.90 Å². The molecule has 0 aromatic carbocycles. The number of carbonyl (C=O) groups is 1. The molecule has 16 heavy (non-hydrogen) atoms. The van der Waals surface area contributed by atoms with Crippen molar-refractivity contribution >= 4 is 5.97 Å². The van der Waals surface area contributed by atoms with E-state index in [1.807, 2.05) is 0 Å². The van der Waals surface area contributed by atoms with E-state index in [1.54, 1.807) is 0 Å². The van der Waals surface area contributed by atoms with Gasteiger partial charge in [-0.05, 0) is 25.2 Å². The standard InChI is InChI=1S/C13H23NO2/c1-2-5-10-8-14(9-10)12-7-4-3-6-11(12)13(15)16/h10-12H,2-9H2,1H3,(H,15,16). The second-order valence-electron chi connectivity index (χ2n) is 5.41. The summed E-state index contributed by atoms with van der Waals surface area (Å²) in [6.45, 7) is 4.51. The molecule has 2 atom stereocenters. The molecule has 3 heteroatoms. The molecule has 0 radical (unpaired) electrons. The molecular formula is C13H23NO2. The van der Waals surface area contributed by atoms with Crippen LogP contribution in [0.3, 0.4) is 0 Å². The van der Waals surface area contributed by atoms with E-state index >= 15 is 0 Å². The highest BCUT2D eigenvalue weighted by atomic mass is 16.4. The van der Waals surface area contributed by atoms with E-state index in [9.17, 15) is 9.90 Å². The largest absolute Gasteiger partial charge is 0.481 e. The predicted octanol–water partition coefficient (Wildman–Crippen LogP) is 2.36. The van der Waals surface area contributed by atoms with Gasteiger partial charge in [0.05, 0.1) is 5.92 Å². The first-order valence-electron chi connectivity index (χ1n) is 6.69. The highest BCUT2D eigenvalue weighted by molar-refractivity contribution is 5.71. The third kappa shape index (κ3) is 2.40. The lowest BCUT2D eigenvalue weighted by atomic mass is 9.80. The van der Waals surface area contributed by atoms with Crippen LogP contribution in [0.1, 0.15) is 45.4 Å². The molecule has 1 heterocycles. The first-order chi connectivity index (χ1) is 7.72. The number of carboxylic acids is 1. The number of aliphatic carboxylic acids is 1. The molecule has 1 aliphatic carbocycles. The van der Waals surface area contributed by atoms with Crippen molar-refractivity contribution in [1.82, 2.24) is 4.90 Å². The van der Waals surface area contributed by atoms with Gasteiger partial charge in [0.15, 0.2) is 0 Å². The van der Waals surface area contributed by atoms with Gasteiger partial charge in [0.1, 0.15) is 0 Å². The third-order valence-electron chi connectivity index (χ3n) is 4.20. The van der Waals surface area contributed by atoms with Crippen molar-refractivity contribution in [3.63, 3.8) is 0 Å². The van der Waals surface area contributed by atoms with Crippen LogP contribution < -0.4 is 0 Å². The van der Waals surface area contributed by atoms with Crippen LogP contribution in [0.5, 0.6) is 0 Å². The minimum absolute atomic E-state index is 0.101. The molecule has 0 aromatic rings. The van der Waals surface area contributed by atoms with Crippen molar-refractivity contribution in [2.24, 2.45) is 11.8 Å². The molecule has 92 valence electrons. The number of nitrogens with zero attached hydrogens (tertiary/aromatic N) is 1. The lowest BCUT2D eigenvalue weighted by Gasteiger charge is -2.47. The number of carboxylic acid groups (broad SMARTS) is 1. The lowest BCUT2D eigenvalue weighted by molar-refractivity contribution is -0.147. The van der Waals surface area contributed by atoms with Gasteiger partial charge in [-0.25, -0.2) is 0 Å². The monoisotopic (exact) mass is 225 g/mol. The minimum atomic E-state index is -0.580. The predicted molar refractivity (Wildman–Crippen MR) is 63.4 cm³/mol. The van der Waals surface area contributed by atoms with Crippen molar-refractivity contribution in [3.8, 4) is 0 Å². The van der Waals surface area contributed by atoms with Gasteiger partial charge in [-0.1, -0.05) is 26.2 Å². The maximum atomic E-state index is 11.2. The fraction of sp³-hybridized carbons (Fsp3) is 0.923. The first kappa shape index (κ1) is 11.9. The summed E-state index contributed by atoms with van der Waals surface area (Å²) in [6.07, 6.45) is 6.85. The van der Waals surface area contributed by atoms with Gasteiger partial charge in [0, 0.05) is 19.1 Å². The molecule has 0 spiro atoms. The molecule has 1 saturated carbocycles. The Morgan fingerprint density at radius 1 is 1.31 bits per heavy atom. The van der Waals surface area contributed by atoms with Gasteiger partial charge in [-0.2, -0.15) is 0 Å². The van der Waals surface area contributed by atoms with E-state index in [0.29, 0.717) is 6.04 Å². The van der Waals surface area contributed by atoms with Crippen molar-refractivity contribution in [1.29, 1.82) is 0 Å². The van der Waals surface area contributed by atoms with E-state index in [4.69, 9.17) is 0 Å². The van der Waals surface area contributed by atoms with Crippen LogP contribution in [0.4, 0.5) is 0 Å². The van der Waals surface area contributed by atoms with Gasteiger partial charge < -0.3 is 5.11 Å². The van der Waals surface area contributed by atoms with Crippen LogP contribution in [-0.4, -0.2) is 35.1 Å². The van der Waals surface area contributed by atoms with Crippen molar-refractivity contribution in [3.05, 3.63) is 0 Å². The first-order valence-corrected chi connectivity index (χ1v) is 6.69. The van der Waals surface area contributed by atoms with Crippen LogP contribution in [0.2, 0.25) is 0 Å². The van der Waals surface area contributed by atoms with Crippen LogP contribution in [0, 0.1) is 11.8 Å². The Hall–Kier alpha value is -0.570. The smallest absolute Gasteiger partial charge is 0.308 e. The summed E-state index contributed by atoms with van der Waals surface area (Å²) >= 11 is 0. The molecule has 2 rings (SSSR count). The van der Waals surface area contributed by atoms with Crippen molar-refractivity contribution in [2.75, 3.05) is 13.1 Å². The van der Waals surface area contributed by atoms with Gasteiger partial charge in [0.25, 0.3) is 0 Å². The maximum Gasteiger partial charge on any atom is 0.308 e. The van der Waals surface area contributed by atoms with E-state index in [2.05, 4.69) is 11.8 Å². The number of rotatable bonds is 4. The number of hydrogen-bond donors (Lipinski definition) is 1. The second kappa shape index (κ2) is 5.17. The molecule has 3 nitrogen and oxygen atoms in total. The Bertz CT molecular complexity index is 248. The Balaban J connectivity index is 1.86. The van der Waals surface area contributed by atoms with E-state index in [1.165, 1.54) is 19.3 Å². The average molecular weight is 225 g/mol. The summed E-state index contributed by atoms with van der Waals surface area (Å²) in [4.78, 5) is 13.6. The van der Waals surface area contributed by atoms with Gasteiger partial charge in [-0.15, -0.1) is 0 Å². The Morgan fingerprint density at radius 2 is 2.00 bits per heavy atom. The van der Waals surface area contributed by atoms with Crippen molar-refractivity contribution in [2.45, 2.75) is 51.5 Å². The minimum Gasteiger partial charge on any atom is -0.481 e. The normalized spacial score (nSPS) is 32.3. The van der Waals surface area contributed by atoms with Crippen LogP contribution >= 0.6 is 0 Å². The topological polar surface area (TPSA) is 40.5 Å². The fourth-order valence-electron chi connectivity index (χ4n) is 3.31. The van der Waals surface area contributed by atoms with Gasteiger partial charge in [-0.3, -0.25) is 9.69 Å². The molecule has 1 saturated heterocycles. The SMILES string of the molecule is CCCC1CN(C2CCCCC2C(=O)O)C1. The van der Waals surface area contributed by atoms with E-state index in [-0.39, 0.29) is 5.92 Å². The Labute approximate surface area is 97.8 Å². The van der Waals surface area contributed by atoms with E-state index in [0.717, 1.165) is 38.3 Å². The fourth-order valence-corrected chi connectivity index (χ4v) is 3.31. The molecule has 0 bridgehead atoms. The summed E-state index contributed by atoms with van der Waals surface area (Å²) in [5.41, 5.74) is 0. The number of likely N-dealkylation sites (tertiary alicyclic amines) is 1. The molecule has 2 unspecified atom stereocenters. The van der Waals surface area contributed by atoms with Crippen LogP contribution in [0.15, 0.2) is 0 Å². The second-order valence-corrected chi connectivity index (χ2v) is 5.41. The molecule has 2 fully saturated rings. The maximum absolute atomic E-state index is 11.2. The highest BCUT2D eigenvalue weighted by Gasteiger charge is 2.39. The summed E-state index contributed by atoms with van der Waals surface area (Å²) in [5, 5.41) is 9.22. The van der Waals surface area contributed by atoms with Gasteiger partial charge in [0.2, 0.25) is 0 Å². The summed E-state index contributed by atoms with van der Waals surface area (Å²) in [5.74, 6) is 0.154. The molecular weight excluding hydrogens is 202 g/mol. The average Bonchev–Trinajstić information content (AvgIpc) is 2.23. The van der Waals surface area contributed by atoms with Crippen LogP contribution in [-0.2, 0) is 4.79 Å². The summed E-state index contributed by atoms with van der Waals surface area (Å²) in [7, 11) is 0. The Morgan fingerprint density at radius 3 is 2.62 bits per heavy atom. The van der Waals surface area contributed by atoms with Gasteiger partial charge >= 0.3 is 5.97 Å². The summed E-state index contributed by atoms with van der Waals surface area (Å²) in [6, 6.07) is 0.333. The lowest BCUT2D eigenvalue weighted by Crippen LogP contribution is -2.56. The Kier molecular flexibility index (Phi) is 3.85. The zero-order valence-electron chi connectivity index (χ0n) is 10.2. The molecule has 0 aromatic heterocycles. The quantitative estimate of drug-likeness (QED) is 0.798. The van der Waals surface area contributed by atoms with E-state index < -0.39 is 5.97 Å². The molecule has 1 aliphatic heterocycles. The van der Waals surface area contributed by atoms with Crippen LogP contribution in [0.25, 0.3) is 0 Å². The molecule has 2 aliphatic rings. The highest BCUT2D eigenvalue weighted by Crippen LogP contribution is 2.34. The third-order valence-corrected chi connectivity index (χ3v) is 4.20. The zero-order valence-corrected chi connectivity index (χ0v) is 10.2. The molecule has 0 amide bonds.